The summed E-state index contributed by atoms with van der Waals surface area (Å²) in [6.07, 6.45) is 7.19. The predicted octanol–water partition coefficient (Wildman–Crippen LogP) is -0.131. The fourth-order valence-corrected chi connectivity index (χ4v) is 3.00. The first kappa shape index (κ1) is 15.4. The summed E-state index contributed by atoms with van der Waals surface area (Å²) in [6, 6.07) is 1.24. The maximum atomic E-state index is 12.0. The van der Waals surface area contributed by atoms with Gasteiger partial charge in [-0.1, -0.05) is 0 Å². The number of hydrogen-bond donors (Lipinski definition) is 2. The van der Waals surface area contributed by atoms with E-state index in [2.05, 4.69) is 26.2 Å². The van der Waals surface area contributed by atoms with E-state index in [1.807, 2.05) is 0 Å². The molecule has 2 heterocycles. The molecule has 122 valence electrons. The Labute approximate surface area is 130 Å². The van der Waals surface area contributed by atoms with Crippen molar-refractivity contribution in [3.63, 3.8) is 0 Å². The topological polar surface area (TPSA) is 94.0 Å². The van der Waals surface area contributed by atoms with Crippen LogP contribution in [0.1, 0.15) is 38.5 Å². The second-order valence-corrected chi connectivity index (χ2v) is 6.09. The lowest BCUT2D eigenvalue weighted by Gasteiger charge is -2.41. The molecule has 1 aliphatic carbocycles. The highest BCUT2D eigenvalue weighted by Gasteiger charge is 2.33. The molecular weight excluding hydrogens is 284 g/mol. The zero-order valence-electron chi connectivity index (χ0n) is 12.8. The van der Waals surface area contributed by atoms with E-state index >= 15 is 0 Å². The van der Waals surface area contributed by atoms with Gasteiger partial charge in [-0.25, -0.2) is 4.68 Å². The van der Waals surface area contributed by atoms with Gasteiger partial charge in [-0.2, -0.15) is 0 Å². The minimum absolute atomic E-state index is 0.122. The fraction of sp³-hybridized carbons (Fsp3) is 0.857. The first-order valence-electron chi connectivity index (χ1n) is 8.15. The average Bonchev–Trinajstić information content (AvgIpc) is 3.04. The van der Waals surface area contributed by atoms with Crippen molar-refractivity contribution >= 4 is 5.91 Å². The quantitative estimate of drug-likeness (QED) is 0.729. The van der Waals surface area contributed by atoms with E-state index in [9.17, 15) is 4.79 Å². The van der Waals surface area contributed by atoms with Crippen LogP contribution in [-0.2, 0) is 16.1 Å². The van der Waals surface area contributed by atoms with E-state index in [1.165, 1.54) is 0 Å². The standard InChI is InChI=1S/C14H24N6O2/c21-14(2-1-7-20-10-15-18-19-20)17-13-4-3-12(13)16-11-5-8-22-9-6-11/h10-13,16H,1-9H2,(H,17,21). The predicted molar refractivity (Wildman–Crippen MR) is 79.0 cm³/mol. The number of tetrazole rings is 1. The van der Waals surface area contributed by atoms with Crippen LogP contribution >= 0.6 is 0 Å². The van der Waals surface area contributed by atoms with Crippen LogP contribution in [0.5, 0.6) is 0 Å². The second kappa shape index (κ2) is 7.64. The minimum Gasteiger partial charge on any atom is -0.381 e. The summed E-state index contributed by atoms with van der Waals surface area (Å²) >= 11 is 0. The molecule has 2 unspecified atom stereocenters. The lowest BCUT2D eigenvalue weighted by atomic mass is 9.85. The Bertz CT molecular complexity index is 460. The van der Waals surface area contributed by atoms with Gasteiger partial charge in [0.2, 0.25) is 5.91 Å². The molecular formula is C14H24N6O2. The minimum atomic E-state index is 0.122. The van der Waals surface area contributed by atoms with Crippen LogP contribution < -0.4 is 10.6 Å². The van der Waals surface area contributed by atoms with Crippen molar-refractivity contribution in [1.82, 2.24) is 30.8 Å². The number of nitrogens with zero attached hydrogens (tertiary/aromatic N) is 4. The molecule has 1 aromatic heterocycles. The van der Waals surface area contributed by atoms with E-state index in [-0.39, 0.29) is 11.9 Å². The van der Waals surface area contributed by atoms with Crippen molar-refractivity contribution < 1.29 is 9.53 Å². The van der Waals surface area contributed by atoms with Crippen molar-refractivity contribution in [1.29, 1.82) is 0 Å². The van der Waals surface area contributed by atoms with Gasteiger partial charge < -0.3 is 15.4 Å². The number of nitrogens with one attached hydrogen (secondary N) is 2. The van der Waals surface area contributed by atoms with Gasteiger partial charge in [0.25, 0.3) is 0 Å². The Hall–Kier alpha value is -1.54. The number of aromatic nitrogens is 4. The molecule has 3 rings (SSSR count). The molecule has 1 saturated carbocycles. The fourth-order valence-electron chi connectivity index (χ4n) is 3.00. The summed E-state index contributed by atoms with van der Waals surface area (Å²) < 4.78 is 7.02. The normalized spacial score (nSPS) is 25.6. The largest absolute Gasteiger partial charge is 0.381 e. The van der Waals surface area contributed by atoms with Crippen LogP contribution in [0.4, 0.5) is 0 Å². The highest BCUT2D eigenvalue weighted by Crippen LogP contribution is 2.22. The Morgan fingerprint density at radius 1 is 1.23 bits per heavy atom. The molecule has 1 aliphatic heterocycles. The number of carbonyl (C=O) groups excluding carboxylic acids is 1. The molecule has 0 aromatic carbocycles. The number of ether oxygens (including phenoxy) is 1. The summed E-state index contributed by atoms with van der Waals surface area (Å²) in [7, 11) is 0. The van der Waals surface area contributed by atoms with Gasteiger partial charge in [-0.15, -0.1) is 5.10 Å². The molecule has 8 nitrogen and oxygen atoms in total. The van der Waals surface area contributed by atoms with E-state index in [0.29, 0.717) is 25.0 Å². The van der Waals surface area contributed by atoms with Gasteiger partial charge >= 0.3 is 0 Å². The molecule has 2 N–H and O–H groups in total. The molecule has 1 saturated heterocycles. The molecule has 2 fully saturated rings. The highest BCUT2D eigenvalue weighted by atomic mass is 16.5. The number of rotatable bonds is 7. The number of amides is 1. The van der Waals surface area contributed by atoms with Gasteiger partial charge in [0.15, 0.2) is 0 Å². The van der Waals surface area contributed by atoms with Crippen LogP contribution in [0.2, 0.25) is 0 Å². The van der Waals surface area contributed by atoms with Crippen LogP contribution in [-0.4, -0.2) is 57.5 Å². The smallest absolute Gasteiger partial charge is 0.220 e. The average molecular weight is 308 g/mol. The summed E-state index contributed by atoms with van der Waals surface area (Å²) in [5, 5.41) is 17.7. The lowest BCUT2D eigenvalue weighted by molar-refractivity contribution is -0.122. The third-order valence-electron chi connectivity index (χ3n) is 4.47. The molecule has 8 heteroatoms. The molecule has 22 heavy (non-hydrogen) atoms. The van der Waals surface area contributed by atoms with Gasteiger partial charge in [0, 0.05) is 44.3 Å². The van der Waals surface area contributed by atoms with E-state index in [1.54, 1.807) is 11.0 Å². The Morgan fingerprint density at radius 2 is 2.05 bits per heavy atom. The maximum absolute atomic E-state index is 12.0. The second-order valence-electron chi connectivity index (χ2n) is 6.09. The first-order valence-corrected chi connectivity index (χ1v) is 8.15. The molecule has 0 spiro atoms. The Balaban J connectivity index is 1.32. The SMILES string of the molecule is O=C(CCCn1cnnn1)NC1CCC1NC1CCOCC1. The third kappa shape index (κ3) is 4.23. The van der Waals surface area contributed by atoms with Crippen molar-refractivity contribution in [2.75, 3.05) is 13.2 Å². The Kier molecular flexibility index (Phi) is 5.33. The summed E-state index contributed by atoms with van der Waals surface area (Å²) in [5.41, 5.74) is 0. The van der Waals surface area contributed by atoms with Crippen molar-refractivity contribution in [3.05, 3.63) is 6.33 Å². The molecule has 0 bridgehead atoms. The van der Waals surface area contributed by atoms with Crippen LogP contribution in [0.15, 0.2) is 6.33 Å². The van der Waals surface area contributed by atoms with Crippen molar-refractivity contribution in [2.45, 2.75) is 63.2 Å². The maximum Gasteiger partial charge on any atom is 0.220 e. The van der Waals surface area contributed by atoms with Gasteiger partial charge in [-0.05, 0) is 42.5 Å². The molecule has 1 amide bonds. The van der Waals surface area contributed by atoms with Gasteiger partial charge in [0.1, 0.15) is 6.33 Å². The summed E-state index contributed by atoms with van der Waals surface area (Å²) in [6.45, 7) is 2.37. The summed E-state index contributed by atoms with van der Waals surface area (Å²) in [5.74, 6) is 0.122. The zero-order chi connectivity index (χ0) is 15.2. The van der Waals surface area contributed by atoms with E-state index < -0.39 is 0 Å². The van der Waals surface area contributed by atoms with Crippen molar-refractivity contribution in [3.8, 4) is 0 Å². The van der Waals surface area contributed by atoms with Crippen LogP contribution in [0, 0.1) is 0 Å². The van der Waals surface area contributed by atoms with Gasteiger partial charge in [-0.3, -0.25) is 4.79 Å². The monoisotopic (exact) mass is 308 g/mol. The molecule has 0 radical (unpaired) electrons. The first-order chi connectivity index (χ1) is 10.8. The number of aryl methyl sites for hydroxylation is 1. The molecule has 2 aliphatic rings. The van der Waals surface area contributed by atoms with Crippen molar-refractivity contribution in [2.24, 2.45) is 0 Å². The van der Waals surface area contributed by atoms with Gasteiger partial charge in [0.05, 0.1) is 0 Å². The van der Waals surface area contributed by atoms with Crippen LogP contribution in [0.3, 0.4) is 0 Å². The van der Waals surface area contributed by atoms with E-state index in [0.717, 1.165) is 45.3 Å². The number of hydrogen-bond acceptors (Lipinski definition) is 6. The molecule has 2 atom stereocenters. The third-order valence-corrected chi connectivity index (χ3v) is 4.47. The Morgan fingerprint density at radius 3 is 2.73 bits per heavy atom. The summed E-state index contributed by atoms with van der Waals surface area (Å²) in [4.78, 5) is 12.0. The number of carbonyl (C=O) groups is 1. The zero-order valence-corrected chi connectivity index (χ0v) is 12.8. The van der Waals surface area contributed by atoms with E-state index in [4.69, 9.17) is 4.74 Å². The lowest BCUT2D eigenvalue weighted by Crippen LogP contribution is -2.59. The highest BCUT2D eigenvalue weighted by molar-refractivity contribution is 5.76. The molecule has 1 aromatic rings. The van der Waals surface area contributed by atoms with Crippen LogP contribution in [0.25, 0.3) is 0 Å².